The summed E-state index contributed by atoms with van der Waals surface area (Å²) < 4.78 is 0. The lowest BCUT2D eigenvalue weighted by atomic mass is 9.90. The second-order valence-electron chi connectivity index (χ2n) is 5.44. The van der Waals surface area contributed by atoms with Gasteiger partial charge in [0.1, 0.15) is 0 Å². The largest absolute Gasteiger partial charge is 0.388 e. The fraction of sp³-hybridized carbons (Fsp3) is 0.538. The molecule has 0 unspecified atom stereocenters. The number of hydrogen-bond donors (Lipinski definition) is 2. The summed E-state index contributed by atoms with van der Waals surface area (Å²) in [6.07, 6.45) is 0. The van der Waals surface area contributed by atoms with Crippen molar-refractivity contribution in [3.8, 4) is 0 Å². The van der Waals surface area contributed by atoms with Crippen LogP contribution in [0.25, 0.3) is 0 Å². The maximum atomic E-state index is 10.3. The highest BCUT2D eigenvalue weighted by Gasteiger charge is 2.48. The molecular weight excluding hydrogens is 200 g/mol. The lowest BCUT2D eigenvalue weighted by molar-refractivity contribution is -0.216. The SMILES string of the molecule is CNc1ccc2c(c1)C(C)(C)N(O)C2(C)C. The molecule has 16 heavy (non-hydrogen) atoms. The number of nitrogens with zero attached hydrogens (tertiary/aromatic N) is 1. The van der Waals surface area contributed by atoms with Crippen molar-refractivity contribution in [2.75, 3.05) is 12.4 Å². The number of hydroxylamine groups is 2. The third-order valence-corrected chi connectivity index (χ3v) is 3.69. The minimum atomic E-state index is -0.342. The molecule has 0 atom stereocenters. The standard InChI is InChI=1S/C13H20N2O/c1-12(2)10-7-6-9(14-5)8-11(10)13(3,4)15(12)16/h6-8,14,16H,1-5H3. The van der Waals surface area contributed by atoms with E-state index in [1.54, 1.807) is 0 Å². The van der Waals surface area contributed by atoms with Crippen molar-refractivity contribution in [2.24, 2.45) is 0 Å². The molecule has 3 heteroatoms. The minimum absolute atomic E-state index is 0.328. The molecule has 1 heterocycles. The molecule has 0 radical (unpaired) electrons. The first-order chi connectivity index (χ1) is 7.31. The quantitative estimate of drug-likeness (QED) is 0.764. The molecule has 1 aromatic rings. The van der Waals surface area contributed by atoms with Gasteiger partial charge in [-0.25, -0.2) is 0 Å². The molecule has 0 aliphatic carbocycles. The summed E-state index contributed by atoms with van der Waals surface area (Å²) in [5, 5.41) is 14.9. The zero-order valence-corrected chi connectivity index (χ0v) is 10.6. The van der Waals surface area contributed by atoms with Crippen molar-refractivity contribution in [2.45, 2.75) is 38.8 Å². The minimum Gasteiger partial charge on any atom is -0.388 e. The van der Waals surface area contributed by atoms with E-state index >= 15 is 0 Å². The average Bonchev–Trinajstić information content (AvgIpc) is 2.38. The van der Waals surface area contributed by atoms with Crippen molar-refractivity contribution >= 4 is 5.69 Å². The molecule has 0 aromatic heterocycles. The van der Waals surface area contributed by atoms with Crippen LogP contribution >= 0.6 is 0 Å². The Labute approximate surface area is 97.0 Å². The van der Waals surface area contributed by atoms with Crippen LogP contribution in [0.5, 0.6) is 0 Å². The number of rotatable bonds is 1. The van der Waals surface area contributed by atoms with E-state index in [4.69, 9.17) is 0 Å². The molecule has 1 aromatic carbocycles. The Bertz CT molecular complexity index is 424. The Morgan fingerprint density at radius 3 is 2.19 bits per heavy atom. The molecule has 88 valence electrons. The van der Waals surface area contributed by atoms with Gasteiger partial charge in [-0.1, -0.05) is 6.07 Å². The van der Waals surface area contributed by atoms with Crippen molar-refractivity contribution in [3.05, 3.63) is 29.3 Å². The highest BCUT2D eigenvalue weighted by molar-refractivity contribution is 5.54. The highest BCUT2D eigenvalue weighted by atomic mass is 16.5. The van der Waals surface area contributed by atoms with Crippen LogP contribution in [0, 0.1) is 0 Å². The summed E-state index contributed by atoms with van der Waals surface area (Å²) in [7, 11) is 1.91. The summed E-state index contributed by atoms with van der Waals surface area (Å²) in [6.45, 7) is 8.17. The van der Waals surface area contributed by atoms with Gasteiger partial charge in [0.2, 0.25) is 0 Å². The first-order valence-electron chi connectivity index (χ1n) is 5.64. The van der Waals surface area contributed by atoms with Crippen LogP contribution in [0.2, 0.25) is 0 Å². The molecule has 0 fully saturated rings. The topological polar surface area (TPSA) is 35.5 Å². The second kappa shape index (κ2) is 3.22. The van der Waals surface area contributed by atoms with E-state index in [1.165, 1.54) is 16.2 Å². The van der Waals surface area contributed by atoms with E-state index in [-0.39, 0.29) is 11.1 Å². The summed E-state index contributed by atoms with van der Waals surface area (Å²) >= 11 is 0. The predicted octanol–water partition coefficient (Wildman–Crippen LogP) is 2.90. The average molecular weight is 220 g/mol. The van der Waals surface area contributed by atoms with Crippen molar-refractivity contribution < 1.29 is 5.21 Å². The van der Waals surface area contributed by atoms with Crippen molar-refractivity contribution in [3.63, 3.8) is 0 Å². The first kappa shape index (κ1) is 11.4. The molecule has 0 amide bonds. The predicted molar refractivity (Wildman–Crippen MR) is 65.7 cm³/mol. The fourth-order valence-corrected chi connectivity index (χ4v) is 2.67. The molecule has 1 aliphatic rings. The van der Waals surface area contributed by atoms with Crippen LogP contribution < -0.4 is 5.32 Å². The zero-order valence-electron chi connectivity index (χ0n) is 10.6. The third kappa shape index (κ3) is 1.28. The van der Waals surface area contributed by atoms with Gasteiger partial charge in [0.05, 0.1) is 11.1 Å². The van der Waals surface area contributed by atoms with Gasteiger partial charge in [0, 0.05) is 12.7 Å². The number of hydrogen-bond acceptors (Lipinski definition) is 3. The molecule has 0 saturated carbocycles. The van der Waals surface area contributed by atoms with E-state index in [1.807, 2.05) is 34.7 Å². The van der Waals surface area contributed by atoms with Gasteiger partial charge < -0.3 is 10.5 Å². The Balaban J connectivity index is 2.65. The van der Waals surface area contributed by atoms with Crippen LogP contribution in [-0.2, 0) is 11.1 Å². The first-order valence-corrected chi connectivity index (χ1v) is 5.64. The Morgan fingerprint density at radius 1 is 1.06 bits per heavy atom. The van der Waals surface area contributed by atoms with Crippen molar-refractivity contribution in [1.29, 1.82) is 0 Å². The lowest BCUT2D eigenvalue weighted by Crippen LogP contribution is -2.42. The summed E-state index contributed by atoms with van der Waals surface area (Å²) in [5.41, 5.74) is 2.79. The molecular formula is C13H20N2O. The van der Waals surface area contributed by atoms with E-state index in [9.17, 15) is 5.21 Å². The molecule has 2 rings (SSSR count). The number of fused-ring (bicyclic) bond motifs is 1. The maximum Gasteiger partial charge on any atom is 0.0666 e. The molecule has 3 nitrogen and oxygen atoms in total. The fourth-order valence-electron chi connectivity index (χ4n) is 2.67. The van der Waals surface area contributed by atoms with E-state index in [0.29, 0.717) is 0 Å². The summed E-state index contributed by atoms with van der Waals surface area (Å²) in [4.78, 5) is 0. The molecule has 1 aliphatic heterocycles. The van der Waals surface area contributed by atoms with Gasteiger partial charge in [-0.05, 0) is 51.0 Å². The van der Waals surface area contributed by atoms with Crippen LogP contribution in [0.3, 0.4) is 0 Å². The maximum absolute atomic E-state index is 10.3. The monoisotopic (exact) mass is 220 g/mol. The smallest absolute Gasteiger partial charge is 0.0666 e. The normalized spacial score (nSPS) is 21.9. The van der Waals surface area contributed by atoms with Crippen LogP contribution in [0.1, 0.15) is 38.8 Å². The highest BCUT2D eigenvalue weighted by Crippen LogP contribution is 2.48. The summed E-state index contributed by atoms with van der Waals surface area (Å²) in [5.74, 6) is 0. The molecule has 2 N–H and O–H groups in total. The van der Waals surface area contributed by atoms with Gasteiger partial charge in [-0.3, -0.25) is 0 Å². The van der Waals surface area contributed by atoms with E-state index in [2.05, 4.69) is 23.5 Å². The Hall–Kier alpha value is -1.06. The van der Waals surface area contributed by atoms with Crippen LogP contribution in [-0.4, -0.2) is 17.3 Å². The van der Waals surface area contributed by atoms with Gasteiger partial charge >= 0.3 is 0 Å². The van der Waals surface area contributed by atoms with Gasteiger partial charge in [-0.15, -0.1) is 0 Å². The Kier molecular flexibility index (Phi) is 2.30. The zero-order chi connectivity index (χ0) is 12.1. The second-order valence-corrected chi connectivity index (χ2v) is 5.44. The van der Waals surface area contributed by atoms with E-state index in [0.717, 1.165) is 5.69 Å². The molecule has 0 spiro atoms. The summed E-state index contributed by atoms with van der Waals surface area (Å²) in [6, 6.07) is 6.27. The van der Waals surface area contributed by atoms with E-state index < -0.39 is 0 Å². The number of anilines is 1. The third-order valence-electron chi connectivity index (χ3n) is 3.69. The molecule has 0 bridgehead atoms. The molecule has 0 saturated heterocycles. The van der Waals surface area contributed by atoms with Crippen molar-refractivity contribution in [1.82, 2.24) is 5.06 Å². The number of nitrogens with one attached hydrogen (secondary N) is 1. The van der Waals surface area contributed by atoms with Crippen LogP contribution in [0.15, 0.2) is 18.2 Å². The lowest BCUT2D eigenvalue weighted by Gasteiger charge is -2.34. The van der Waals surface area contributed by atoms with Gasteiger partial charge in [-0.2, -0.15) is 5.06 Å². The van der Waals surface area contributed by atoms with Crippen LogP contribution in [0.4, 0.5) is 5.69 Å². The Morgan fingerprint density at radius 2 is 1.62 bits per heavy atom. The van der Waals surface area contributed by atoms with Gasteiger partial charge in [0.25, 0.3) is 0 Å². The number of benzene rings is 1. The van der Waals surface area contributed by atoms with Gasteiger partial charge in [0.15, 0.2) is 0 Å².